The Morgan fingerprint density at radius 2 is 1.36 bits per heavy atom. The summed E-state index contributed by atoms with van der Waals surface area (Å²) in [6, 6.07) is 0. The van der Waals surface area contributed by atoms with Gasteiger partial charge in [-0.2, -0.15) is 0 Å². The molecule has 0 radical (unpaired) electrons. The molecule has 0 aliphatic heterocycles. The molecule has 0 unspecified atom stereocenters. The van der Waals surface area contributed by atoms with Crippen LogP contribution >= 0.6 is 0 Å². The van der Waals surface area contributed by atoms with Crippen LogP contribution in [0.1, 0.15) is 20.8 Å². The van der Waals surface area contributed by atoms with Crippen LogP contribution in [-0.4, -0.2) is 28.3 Å². The Morgan fingerprint density at radius 1 is 1.07 bits per heavy atom. The van der Waals surface area contributed by atoms with Crippen molar-refractivity contribution < 1.29 is 19.5 Å². The molecule has 0 heterocycles. The second-order valence-electron chi connectivity index (χ2n) is 3.45. The highest BCUT2D eigenvalue weighted by atomic mass is 16.4. The maximum atomic E-state index is 11.2. The lowest BCUT2D eigenvalue weighted by Crippen LogP contribution is -2.69. The fourth-order valence-corrected chi connectivity index (χ4v) is 1.54. The molecule has 6 heteroatoms. The highest BCUT2D eigenvalue weighted by Crippen LogP contribution is 2.29. The summed E-state index contributed by atoms with van der Waals surface area (Å²) < 4.78 is 0. The van der Waals surface area contributed by atoms with E-state index in [1.165, 1.54) is 0 Å². The highest BCUT2D eigenvalue weighted by molar-refractivity contribution is 6.22. The van der Waals surface area contributed by atoms with Gasteiger partial charge in [-0.25, -0.2) is 0 Å². The number of carboxylic acids is 1. The Balaban J connectivity index is 5.78. The summed E-state index contributed by atoms with van der Waals surface area (Å²) in [6.45, 7) is 3.09. The SMILES string of the molecule is CC(=O)C(C(C)=O)(C(=O)O)C(C)(N)N. The third kappa shape index (κ3) is 1.53. The molecule has 0 bridgehead atoms. The molecule has 6 nitrogen and oxygen atoms in total. The summed E-state index contributed by atoms with van der Waals surface area (Å²) in [5.74, 6) is -3.36. The second kappa shape index (κ2) is 3.47. The predicted octanol–water partition coefficient (Wildman–Crippen LogP) is -1.13. The molecule has 0 aliphatic rings. The van der Waals surface area contributed by atoms with Gasteiger partial charge in [-0.05, 0) is 20.8 Å². The molecule has 0 aliphatic carbocycles. The summed E-state index contributed by atoms with van der Waals surface area (Å²) in [5, 5.41) is 8.90. The first-order chi connectivity index (χ1) is 6.08. The first-order valence-electron chi connectivity index (χ1n) is 3.91. The van der Waals surface area contributed by atoms with Crippen LogP contribution in [0.5, 0.6) is 0 Å². The maximum absolute atomic E-state index is 11.2. The van der Waals surface area contributed by atoms with Gasteiger partial charge in [-0.1, -0.05) is 0 Å². The van der Waals surface area contributed by atoms with E-state index in [1.54, 1.807) is 0 Å². The molecule has 0 saturated heterocycles. The minimum Gasteiger partial charge on any atom is -0.480 e. The van der Waals surface area contributed by atoms with E-state index in [9.17, 15) is 14.4 Å². The monoisotopic (exact) mass is 202 g/mol. The lowest BCUT2D eigenvalue weighted by molar-refractivity contribution is -0.163. The number of rotatable bonds is 4. The zero-order chi connectivity index (χ0) is 11.7. The molecule has 5 N–H and O–H groups in total. The van der Waals surface area contributed by atoms with Crippen LogP contribution in [0.2, 0.25) is 0 Å². The lowest BCUT2D eigenvalue weighted by Gasteiger charge is -2.35. The normalized spacial score (nSPS) is 12.4. The van der Waals surface area contributed by atoms with E-state index in [-0.39, 0.29) is 0 Å². The van der Waals surface area contributed by atoms with E-state index in [1.807, 2.05) is 0 Å². The minimum atomic E-state index is -2.37. The summed E-state index contributed by atoms with van der Waals surface area (Å²) >= 11 is 0. The number of carbonyl (C=O) groups is 3. The second-order valence-corrected chi connectivity index (χ2v) is 3.45. The summed E-state index contributed by atoms with van der Waals surface area (Å²) in [7, 11) is 0. The van der Waals surface area contributed by atoms with Crippen LogP contribution in [0.3, 0.4) is 0 Å². The number of ketones is 2. The molecular weight excluding hydrogens is 188 g/mol. The third-order valence-electron chi connectivity index (χ3n) is 2.18. The first-order valence-corrected chi connectivity index (χ1v) is 3.91. The molecule has 0 amide bonds. The number of nitrogens with two attached hydrogens (primary N) is 2. The molecule has 0 atom stereocenters. The van der Waals surface area contributed by atoms with Crippen molar-refractivity contribution in [1.82, 2.24) is 0 Å². The van der Waals surface area contributed by atoms with Gasteiger partial charge in [0.15, 0.2) is 11.6 Å². The maximum Gasteiger partial charge on any atom is 0.328 e. The molecule has 0 aromatic rings. The molecule has 0 saturated carbocycles. The number of Topliss-reactive ketones (excluding diaryl/α,β-unsaturated/α-hetero) is 2. The van der Waals surface area contributed by atoms with Crippen molar-refractivity contribution in [2.75, 3.05) is 0 Å². The van der Waals surface area contributed by atoms with Gasteiger partial charge in [0, 0.05) is 0 Å². The first kappa shape index (κ1) is 12.7. The summed E-state index contributed by atoms with van der Waals surface area (Å²) in [6.07, 6.45) is 0. The molecule has 0 rings (SSSR count). The third-order valence-corrected chi connectivity index (χ3v) is 2.18. The molecule has 14 heavy (non-hydrogen) atoms. The number of hydrogen-bond donors (Lipinski definition) is 3. The average Bonchev–Trinajstić information content (AvgIpc) is 1.79. The number of hydrogen-bond acceptors (Lipinski definition) is 5. The van der Waals surface area contributed by atoms with Gasteiger partial charge >= 0.3 is 5.97 Å². The van der Waals surface area contributed by atoms with Gasteiger partial charge in [-0.15, -0.1) is 0 Å². The number of carboxylic acid groups (broad SMARTS) is 1. The molecule has 0 fully saturated rings. The van der Waals surface area contributed by atoms with Crippen molar-refractivity contribution in [3.63, 3.8) is 0 Å². The standard InChI is InChI=1S/C8H14N2O4/c1-4(11)8(5(2)12,6(13)14)7(3,9)10/h9-10H2,1-3H3,(H,13,14). The lowest BCUT2D eigenvalue weighted by atomic mass is 9.71. The van der Waals surface area contributed by atoms with Crippen LogP contribution in [0.4, 0.5) is 0 Å². The molecule has 80 valence electrons. The largest absolute Gasteiger partial charge is 0.480 e. The fourth-order valence-electron chi connectivity index (χ4n) is 1.54. The van der Waals surface area contributed by atoms with E-state index in [0.29, 0.717) is 0 Å². The zero-order valence-corrected chi connectivity index (χ0v) is 8.33. The van der Waals surface area contributed by atoms with Crippen LogP contribution in [0, 0.1) is 5.41 Å². The van der Waals surface area contributed by atoms with Gasteiger partial charge in [0.25, 0.3) is 0 Å². The average molecular weight is 202 g/mol. The van der Waals surface area contributed by atoms with E-state index in [4.69, 9.17) is 16.6 Å². The molecule has 0 aromatic carbocycles. The van der Waals surface area contributed by atoms with E-state index >= 15 is 0 Å². The Bertz CT molecular complexity index is 254. The number of aliphatic carboxylic acids is 1. The zero-order valence-electron chi connectivity index (χ0n) is 8.33. The fraction of sp³-hybridized carbons (Fsp3) is 0.625. The van der Waals surface area contributed by atoms with Crippen molar-refractivity contribution in [3.8, 4) is 0 Å². The Labute approximate surface area is 81.3 Å². The Hall–Kier alpha value is -1.27. The van der Waals surface area contributed by atoms with Gasteiger partial charge in [0.1, 0.15) is 0 Å². The van der Waals surface area contributed by atoms with Crippen molar-refractivity contribution in [2.24, 2.45) is 16.9 Å². The van der Waals surface area contributed by atoms with Crippen molar-refractivity contribution in [1.29, 1.82) is 0 Å². The molecular formula is C8H14N2O4. The van der Waals surface area contributed by atoms with Crippen LogP contribution in [0.15, 0.2) is 0 Å². The summed E-state index contributed by atoms with van der Waals surface area (Å²) in [4.78, 5) is 33.4. The smallest absolute Gasteiger partial charge is 0.328 e. The Morgan fingerprint density at radius 3 is 1.36 bits per heavy atom. The topological polar surface area (TPSA) is 123 Å². The van der Waals surface area contributed by atoms with Crippen LogP contribution in [-0.2, 0) is 14.4 Å². The Kier molecular flexibility index (Phi) is 3.15. The van der Waals surface area contributed by atoms with E-state index < -0.39 is 28.6 Å². The van der Waals surface area contributed by atoms with Crippen molar-refractivity contribution >= 4 is 17.5 Å². The minimum absolute atomic E-state index is 0.870. The number of carbonyl (C=O) groups excluding carboxylic acids is 2. The van der Waals surface area contributed by atoms with Gasteiger partial charge in [0.2, 0.25) is 5.41 Å². The quantitative estimate of drug-likeness (QED) is 0.391. The van der Waals surface area contributed by atoms with Gasteiger partial charge in [0.05, 0.1) is 5.66 Å². The van der Waals surface area contributed by atoms with Crippen LogP contribution < -0.4 is 11.5 Å². The van der Waals surface area contributed by atoms with Gasteiger partial charge < -0.3 is 16.6 Å². The van der Waals surface area contributed by atoms with Crippen molar-refractivity contribution in [2.45, 2.75) is 26.4 Å². The highest BCUT2D eigenvalue weighted by Gasteiger charge is 2.58. The van der Waals surface area contributed by atoms with Crippen LogP contribution in [0.25, 0.3) is 0 Å². The van der Waals surface area contributed by atoms with E-state index in [0.717, 1.165) is 20.8 Å². The van der Waals surface area contributed by atoms with E-state index in [2.05, 4.69) is 0 Å². The molecule has 0 aromatic heterocycles. The van der Waals surface area contributed by atoms with Gasteiger partial charge in [-0.3, -0.25) is 14.4 Å². The van der Waals surface area contributed by atoms with Crippen molar-refractivity contribution in [3.05, 3.63) is 0 Å². The predicted molar refractivity (Wildman–Crippen MR) is 48.2 cm³/mol. The summed E-state index contributed by atoms with van der Waals surface area (Å²) in [5.41, 5.74) is 6.46. The molecule has 0 spiro atoms.